The molecule has 5 nitrogen and oxygen atoms in total. The van der Waals surface area contributed by atoms with Gasteiger partial charge in [0.05, 0.1) is 0 Å². The van der Waals surface area contributed by atoms with Crippen LogP contribution in [0.3, 0.4) is 0 Å². The van der Waals surface area contributed by atoms with E-state index in [1.165, 1.54) is 7.11 Å². The Balaban J connectivity index is 2.03. The number of esters is 1. The summed E-state index contributed by atoms with van der Waals surface area (Å²) in [6.07, 6.45) is 0.889. The van der Waals surface area contributed by atoms with Crippen LogP contribution in [0.2, 0.25) is 5.15 Å². The highest BCUT2D eigenvalue weighted by atomic mass is 35.5. The van der Waals surface area contributed by atoms with Gasteiger partial charge in [-0.05, 0) is 44.4 Å². The summed E-state index contributed by atoms with van der Waals surface area (Å²) in [5.41, 5.74) is -0.568. The largest absolute Gasteiger partial charge is 0.490 e. The van der Waals surface area contributed by atoms with E-state index in [9.17, 15) is 4.79 Å². The SMILES string of the molecule is CO[C@H](COc1ccc2cc(Cl)ncc2c1)C(=O)OC(C)(C)C. The molecular weight excluding hydrogens is 318 g/mol. The van der Waals surface area contributed by atoms with Gasteiger partial charge in [-0.15, -0.1) is 0 Å². The lowest BCUT2D eigenvalue weighted by Gasteiger charge is -2.23. The molecule has 0 spiro atoms. The molecule has 1 aromatic carbocycles. The smallest absolute Gasteiger partial charge is 0.339 e. The number of halogens is 1. The maximum Gasteiger partial charge on any atom is 0.339 e. The molecule has 0 amide bonds. The molecule has 6 heteroatoms. The van der Waals surface area contributed by atoms with Crippen molar-refractivity contribution in [1.29, 1.82) is 0 Å². The average molecular weight is 338 g/mol. The first-order valence-electron chi connectivity index (χ1n) is 7.22. The standard InChI is InChI=1S/C17H20ClNO4/c1-17(2,3)23-16(20)14(21-4)10-22-13-6-5-11-8-15(18)19-9-12(11)7-13/h5-9,14H,10H2,1-4H3/t14-/m1/s1. The summed E-state index contributed by atoms with van der Waals surface area (Å²) in [5.74, 6) is 0.168. The molecule has 0 unspecified atom stereocenters. The van der Waals surface area contributed by atoms with Gasteiger partial charge in [-0.3, -0.25) is 0 Å². The number of fused-ring (bicyclic) bond motifs is 1. The van der Waals surface area contributed by atoms with Crippen LogP contribution in [0.25, 0.3) is 10.8 Å². The number of methoxy groups -OCH3 is 1. The van der Waals surface area contributed by atoms with E-state index in [0.29, 0.717) is 10.9 Å². The van der Waals surface area contributed by atoms with Crippen molar-refractivity contribution in [3.8, 4) is 5.75 Å². The molecule has 1 atom stereocenters. The topological polar surface area (TPSA) is 57.7 Å². The highest BCUT2D eigenvalue weighted by molar-refractivity contribution is 6.30. The fraction of sp³-hybridized carbons (Fsp3) is 0.412. The van der Waals surface area contributed by atoms with Gasteiger partial charge in [0, 0.05) is 18.7 Å². The minimum atomic E-state index is -0.784. The molecule has 0 saturated carbocycles. The van der Waals surface area contributed by atoms with E-state index >= 15 is 0 Å². The van der Waals surface area contributed by atoms with E-state index in [0.717, 1.165) is 10.8 Å². The summed E-state index contributed by atoms with van der Waals surface area (Å²) in [6, 6.07) is 7.30. The first-order valence-corrected chi connectivity index (χ1v) is 7.60. The van der Waals surface area contributed by atoms with Crippen LogP contribution < -0.4 is 4.74 Å². The second kappa shape index (κ2) is 7.15. The van der Waals surface area contributed by atoms with Crippen LogP contribution in [0, 0.1) is 0 Å². The van der Waals surface area contributed by atoms with E-state index in [1.807, 2.05) is 12.1 Å². The van der Waals surface area contributed by atoms with Crippen LogP contribution in [0.15, 0.2) is 30.5 Å². The first-order chi connectivity index (χ1) is 10.8. The highest BCUT2D eigenvalue weighted by Crippen LogP contribution is 2.22. The van der Waals surface area contributed by atoms with Gasteiger partial charge in [-0.1, -0.05) is 17.7 Å². The molecule has 124 valence electrons. The predicted octanol–water partition coefficient (Wildman–Crippen LogP) is 3.62. The van der Waals surface area contributed by atoms with Crippen molar-refractivity contribution in [2.75, 3.05) is 13.7 Å². The van der Waals surface area contributed by atoms with E-state index in [2.05, 4.69) is 4.98 Å². The maximum atomic E-state index is 12.0. The molecule has 2 aromatic rings. The normalized spacial score (nSPS) is 12.9. The molecule has 1 heterocycles. The number of hydrogen-bond acceptors (Lipinski definition) is 5. The molecule has 0 aliphatic carbocycles. The van der Waals surface area contributed by atoms with Crippen molar-refractivity contribution in [1.82, 2.24) is 4.98 Å². The van der Waals surface area contributed by atoms with Gasteiger partial charge in [-0.25, -0.2) is 9.78 Å². The zero-order valence-electron chi connectivity index (χ0n) is 13.6. The van der Waals surface area contributed by atoms with Crippen LogP contribution in [0.4, 0.5) is 0 Å². The fourth-order valence-electron chi connectivity index (χ4n) is 1.95. The number of rotatable bonds is 5. The second-order valence-electron chi connectivity index (χ2n) is 6.08. The zero-order chi connectivity index (χ0) is 17.0. The first kappa shape index (κ1) is 17.5. The molecule has 23 heavy (non-hydrogen) atoms. The van der Waals surface area contributed by atoms with Gasteiger partial charge >= 0.3 is 5.97 Å². The van der Waals surface area contributed by atoms with Crippen molar-refractivity contribution in [2.45, 2.75) is 32.5 Å². The summed E-state index contributed by atoms with van der Waals surface area (Å²) in [4.78, 5) is 16.0. The van der Waals surface area contributed by atoms with Crippen LogP contribution in [0.1, 0.15) is 20.8 Å². The third-order valence-corrected chi connectivity index (χ3v) is 3.22. The van der Waals surface area contributed by atoms with Gasteiger partial charge in [0.25, 0.3) is 0 Å². The Morgan fingerprint density at radius 2 is 2.00 bits per heavy atom. The lowest BCUT2D eigenvalue weighted by molar-refractivity contribution is -0.168. The number of pyridine rings is 1. The number of benzene rings is 1. The second-order valence-corrected chi connectivity index (χ2v) is 6.47. The van der Waals surface area contributed by atoms with Crippen LogP contribution in [0.5, 0.6) is 5.75 Å². The quantitative estimate of drug-likeness (QED) is 0.616. The third-order valence-electron chi connectivity index (χ3n) is 3.02. The Kier molecular flexibility index (Phi) is 5.44. The van der Waals surface area contributed by atoms with Crippen LogP contribution in [-0.2, 0) is 14.3 Å². The summed E-state index contributed by atoms with van der Waals surface area (Å²) < 4.78 is 16.1. The highest BCUT2D eigenvalue weighted by Gasteiger charge is 2.25. The Hall–Kier alpha value is -1.85. The van der Waals surface area contributed by atoms with Gasteiger partial charge in [0.2, 0.25) is 0 Å². The van der Waals surface area contributed by atoms with Gasteiger partial charge in [0.15, 0.2) is 6.10 Å². The fourth-order valence-corrected chi connectivity index (χ4v) is 2.12. The monoisotopic (exact) mass is 337 g/mol. The van der Waals surface area contributed by atoms with E-state index in [1.54, 1.807) is 39.1 Å². The number of carbonyl (C=O) groups excluding carboxylic acids is 1. The summed E-state index contributed by atoms with van der Waals surface area (Å²) in [7, 11) is 1.45. The Morgan fingerprint density at radius 3 is 2.65 bits per heavy atom. The molecule has 2 rings (SSSR count). The van der Waals surface area contributed by atoms with E-state index in [-0.39, 0.29) is 6.61 Å². The molecule has 1 aromatic heterocycles. The number of nitrogens with zero attached hydrogens (tertiary/aromatic N) is 1. The van der Waals surface area contributed by atoms with Crippen molar-refractivity contribution < 1.29 is 19.0 Å². The third kappa shape index (κ3) is 5.08. The van der Waals surface area contributed by atoms with Gasteiger partial charge in [0.1, 0.15) is 23.1 Å². The maximum absolute atomic E-state index is 12.0. The summed E-state index contributed by atoms with van der Waals surface area (Å²) in [5, 5.41) is 2.31. The average Bonchev–Trinajstić information content (AvgIpc) is 2.46. The van der Waals surface area contributed by atoms with E-state index < -0.39 is 17.7 Å². The summed E-state index contributed by atoms with van der Waals surface area (Å²) in [6.45, 7) is 5.48. The Bertz CT molecular complexity index is 697. The molecular formula is C17H20ClNO4. The van der Waals surface area contributed by atoms with Crippen LogP contribution in [-0.4, -0.2) is 36.4 Å². The Morgan fingerprint density at radius 1 is 1.26 bits per heavy atom. The summed E-state index contributed by atoms with van der Waals surface area (Å²) >= 11 is 5.86. The van der Waals surface area contributed by atoms with Crippen molar-refractivity contribution in [2.24, 2.45) is 0 Å². The van der Waals surface area contributed by atoms with Gasteiger partial charge < -0.3 is 14.2 Å². The van der Waals surface area contributed by atoms with Crippen LogP contribution >= 0.6 is 11.6 Å². The van der Waals surface area contributed by atoms with Crippen molar-refractivity contribution in [3.63, 3.8) is 0 Å². The van der Waals surface area contributed by atoms with Crippen molar-refractivity contribution in [3.05, 3.63) is 35.6 Å². The number of hydrogen-bond donors (Lipinski definition) is 0. The Labute approximate surface area is 140 Å². The van der Waals surface area contributed by atoms with Gasteiger partial charge in [-0.2, -0.15) is 0 Å². The molecule has 0 aliphatic rings. The number of ether oxygens (including phenoxy) is 3. The molecule has 0 saturated heterocycles. The predicted molar refractivity (Wildman–Crippen MR) is 88.9 cm³/mol. The molecule has 0 aliphatic heterocycles. The van der Waals surface area contributed by atoms with Crippen molar-refractivity contribution >= 4 is 28.3 Å². The molecule has 0 bridgehead atoms. The lowest BCUT2D eigenvalue weighted by Crippen LogP contribution is -2.36. The number of carbonyl (C=O) groups is 1. The molecule has 0 radical (unpaired) electrons. The lowest BCUT2D eigenvalue weighted by atomic mass is 10.2. The molecule has 0 N–H and O–H groups in total. The molecule has 0 fully saturated rings. The zero-order valence-corrected chi connectivity index (χ0v) is 14.4. The van der Waals surface area contributed by atoms with E-state index in [4.69, 9.17) is 25.8 Å². The minimum absolute atomic E-state index is 0.0674. The number of aromatic nitrogens is 1. The minimum Gasteiger partial charge on any atom is -0.490 e.